The standard InChI is InChI=1S/C11H12F2O2/c1-7(5-6-14)8-3-4-9(15-2)11(13)10(8)12/h3-4,6-7H,5H2,1-2H3. The Morgan fingerprint density at radius 1 is 1.40 bits per heavy atom. The van der Waals surface area contributed by atoms with Crippen molar-refractivity contribution in [1.29, 1.82) is 0 Å². The van der Waals surface area contributed by atoms with Crippen molar-refractivity contribution in [3.63, 3.8) is 0 Å². The molecule has 0 bridgehead atoms. The minimum absolute atomic E-state index is 0.130. The summed E-state index contributed by atoms with van der Waals surface area (Å²) in [6, 6.07) is 2.79. The highest BCUT2D eigenvalue weighted by molar-refractivity contribution is 5.51. The van der Waals surface area contributed by atoms with Gasteiger partial charge in [0.05, 0.1) is 7.11 Å². The first-order valence-electron chi connectivity index (χ1n) is 4.57. The van der Waals surface area contributed by atoms with E-state index in [2.05, 4.69) is 4.74 Å². The molecule has 0 aliphatic rings. The maximum atomic E-state index is 13.5. The number of carbonyl (C=O) groups excluding carboxylic acids is 1. The number of hydrogen-bond donors (Lipinski definition) is 0. The first-order valence-corrected chi connectivity index (χ1v) is 4.57. The summed E-state index contributed by atoms with van der Waals surface area (Å²) in [5.74, 6) is -2.41. The molecule has 4 heteroatoms. The van der Waals surface area contributed by atoms with Gasteiger partial charge in [0.25, 0.3) is 0 Å². The zero-order valence-electron chi connectivity index (χ0n) is 8.59. The Hall–Kier alpha value is -1.45. The Bertz CT molecular complexity index is 364. The quantitative estimate of drug-likeness (QED) is 0.720. The Morgan fingerprint density at radius 3 is 2.60 bits per heavy atom. The average Bonchev–Trinajstić information content (AvgIpc) is 2.22. The monoisotopic (exact) mass is 214 g/mol. The van der Waals surface area contributed by atoms with E-state index in [9.17, 15) is 13.6 Å². The fourth-order valence-electron chi connectivity index (χ4n) is 1.36. The number of rotatable bonds is 4. The van der Waals surface area contributed by atoms with Crippen LogP contribution in [-0.2, 0) is 4.79 Å². The number of aldehydes is 1. The molecule has 0 heterocycles. The predicted octanol–water partition coefficient (Wildman–Crippen LogP) is 2.67. The van der Waals surface area contributed by atoms with E-state index in [0.29, 0.717) is 6.29 Å². The molecule has 0 aromatic heterocycles. The maximum absolute atomic E-state index is 13.5. The number of halogens is 2. The molecule has 0 saturated carbocycles. The van der Waals surface area contributed by atoms with Gasteiger partial charge in [-0.2, -0.15) is 4.39 Å². The molecule has 0 radical (unpaired) electrons. The normalized spacial score (nSPS) is 12.3. The number of hydrogen-bond acceptors (Lipinski definition) is 2. The summed E-state index contributed by atoms with van der Waals surface area (Å²) in [5.41, 5.74) is 0.195. The molecule has 1 atom stereocenters. The summed E-state index contributed by atoms with van der Waals surface area (Å²) in [4.78, 5) is 10.3. The van der Waals surface area contributed by atoms with Gasteiger partial charge < -0.3 is 9.53 Å². The van der Waals surface area contributed by atoms with Crippen LogP contribution in [0.1, 0.15) is 24.8 Å². The fraction of sp³-hybridized carbons (Fsp3) is 0.364. The molecule has 15 heavy (non-hydrogen) atoms. The lowest BCUT2D eigenvalue weighted by molar-refractivity contribution is -0.108. The molecule has 0 fully saturated rings. The van der Waals surface area contributed by atoms with Gasteiger partial charge in [-0.3, -0.25) is 0 Å². The van der Waals surface area contributed by atoms with E-state index in [1.54, 1.807) is 6.92 Å². The van der Waals surface area contributed by atoms with Crippen LogP contribution in [0.4, 0.5) is 8.78 Å². The molecule has 0 aliphatic heterocycles. The molecule has 0 spiro atoms. The van der Waals surface area contributed by atoms with Crippen molar-refractivity contribution in [2.75, 3.05) is 7.11 Å². The number of benzene rings is 1. The second-order valence-electron chi connectivity index (χ2n) is 3.29. The van der Waals surface area contributed by atoms with E-state index in [0.717, 1.165) is 0 Å². The minimum Gasteiger partial charge on any atom is -0.494 e. The molecule has 1 rings (SSSR count). The van der Waals surface area contributed by atoms with Crippen LogP contribution in [0.5, 0.6) is 5.75 Å². The number of carbonyl (C=O) groups is 1. The highest BCUT2D eigenvalue weighted by Crippen LogP contribution is 2.28. The molecular weight excluding hydrogens is 202 g/mol. The summed E-state index contributed by atoms with van der Waals surface area (Å²) in [5, 5.41) is 0. The molecule has 2 nitrogen and oxygen atoms in total. The van der Waals surface area contributed by atoms with Crippen LogP contribution >= 0.6 is 0 Å². The summed E-state index contributed by atoms with van der Waals surface area (Å²) in [7, 11) is 1.27. The summed E-state index contributed by atoms with van der Waals surface area (Å²) >= 11 is 0. The second kappa shape index (κ2) is 4.87. The van der Waals surface area contributed by atoms with Crippen molar-refractivity contribution in [3.8, 4) is 5.75 Å². The fourth-order valence-corrected chi connectivity index (χ4v) is 1.36. The average molecular weight is 214 g/mol. The van der Waals surface area contributed by atoms with Gasteiger partial charge in [-0.05, 0) is 17.5 Å². The van der Waals surface area contributed by atoms with Gasteiger partial charge in [-0.25, -0.2) is 4.39 Å². The topological polar surface area (TPSA) is 26.3 Å². The lowest BCUT2D eigenvalue weighted by atomic mass is 9.97. The molecule has 82 valence electrons. The number of methoxy groups -OCH3 is 1. The Labute approximate surface area is 86.9 Å². The van der Waals surface area contributed by atoms with Crippen LogP contribution in [0.2, 0.25) is 0 Å². The van der Waals surface area contributed by atoms with E-state index in [-0.39, 0.29) is 23.7 Å². The van der Waals surface area contributed by atoms with Gasteiger partial charge in [-0.15, -0.1) is 0 Å². The van der Waals surface area contributed by atoms with E-state index in [1.807, 2.05) is 0 Å². The van der Waals surface area contributed by atoms with Gasteiger partial charge in [-0.1, -0.05) is 13.0 Å². The van der Waals surface area contributed by atoms with E-state index >= 15 is 0 Å². The largest absolute Gasteiger partial charge is 0.494 e. The van der Waals surface area contributed by atoms with Gasteiger partial charge in [0.1, 0.15) is 6.29 Å². The van der Waals surface area contributed by atoms with Crippen LogP contribution < -0.4 is 4.74 Å². The van der Waals surface area contributed by atoms with Crippen molar-refractivity contribution in [3.05, 3.63) is 29.3 Å². The Balaban J connectivity index is 3.11. The molecule has 0 amide bonds. The van der Waals surface area contributed by atoms with Gasteiger partial charge in [0.2, 0.25) is 5.82 Å². The van der Waals surface area contributed by atoms with Crippen molar-refractivity contribution < 1.29 is 18.3 Å². The lowest BCUT2D eigenvalue weighted by Gasteiger charge is -2.11. The van der Waals surface area contributed by atoms with Crippen LogP contribution in [0.3, 0.4) is 0 Å². The lowest BCUT2D eigenvalue weighted by Crippen LogP contribution is -2.02. The Morgan fingerprint density at radius 2 is 2.07 bits per heavy atom. The van der Waals surface area contributed by atoms with Crippen LogP contribution in [0, 0.1) is 11.6 Å². The van der Waals surface area contributed by atoms with E-state index < -0.39 is 11.6 Å². The predicted molar refractivity (Wildman–Crippen MR) is 52.0 cm³/mol. The summed E-state index contributed by atoms with van der Waals surface area (Å²) in [6.45, 7) is 1.67. The van der Waals surface area contributed by atoms with Gasteiger partial charge in [0.15, 0.2) is 11.6 Å². The third-order valence-electron chi connectivity index (χ3n) is 2.28. The smallest absolute Gasteiger partial charge is 0.200 e. The van der Waals surface area contributed by atoms with Crippen LogP contribution in [-0.4, -0.2) is 13.4 Å². The molecule has 1 aromatic carbocycles. The van der Waals surface area contributed by atoms with E-state index in [1.165, 1.54) is 19.2 Å². The minimum atomic E-state index is -1.01. The van der Waals surface area contributed by atoms with Crippen LogP contribution in [0.15, 0.2) is 12.1 Å². The first kappa shape index (κ1) is 11.6. The van der Waals surface area contributed by atoms with Crippen molar-refractivity contribution >= 4 is 6.29 Å². The third kappa shape index (κ3) is 2.32. The van der Waals surface area contributed by atoms with Gasteiger partial charge in [0, 0.05) is 6.42 Å². The van der Waals surface area contributed by atoms with E-state index in [4.69, 9.17) is 0 Å². The molecule has 1 unspecified atom stereocenters. The molecule has 1 aromatic rings. The van der Waals surface area contributed by atoms with Crippen molar-refractivity contribution in [2.24, 2.45) is 0 Å². The van der Waals surface area contributed by atoms with Crippen molar-refractivity contribution in [2.45, 2.75) is 19.3 Å². The SMILES string of the molecule is COc1ccc(C(C)CC=O)c(F)c1F. The molecular formula is C11H12F2O2. The molecule has 0 N–H and O–H groups in total. The molecule has 0 saturated heterocycles. The van der Waals surface area contributed by atoms with Crippen LogP contribution in [0.25, 0.3) is 0 Å². The molecule has 0 aliphatic carbocycles. The first-order chi connectivity index (χ1) is 7.11. The van der Waals surface area contributed by atoms with Crippen molar-refractivity contribution in [1.82, 2.24) is 0 Å². The zero-order chi connectivity index (χ0) is 11.4. The summed E-state index contributed by atoms with van der Waals surface area (Å²) < 4.78 is 31.4. The highest BCUT2D eigenvalue weighted by Gasteiger charge is 2.17. The maximum Gasteiger partial charge on any atom is 0.200 e. The highest BCUT2D eigenvalue weighted by atomic mass is 19.2. The zero-order valence-corrected chi connectivity index (χ0v) is 8.59. The second-order valence-corrected chi connectivity index (χ2v) is 3.29. The Kier molecular flexibility index (Phi) is 3.77. The van der Waals surface area contributed by atoms with Gasteiger partial charge >= 0.3 is 0 Å². The third-order valence-corrected chi connectivity index (χ3v) is 2.28. The summed E-state index contributed by atoms with van der Waals surface area (Å²) in [6.07, 6.45) is 0.856. The number of ether oxygens (including phenoxy) is 1.